The van der Waals surface area contributed by atoms with Crippen LogP contribution >= 0.6 is 0 Å². The molecule has 0 bridgehead atoms. The van der Waals surface area contributed by atoms with Gasteiger partial charge in [0, 0.05) is 17.9 Å². The minimum Gasteiger partial charge on any atom is -0.343 e. The van der Waals surface area contributed by atoms with Crippen molar-refractivity contribution in [2.75, 3.05) is 6.54 Å². The van der Waals surface area contributed by atoms with Crippen molar-refractivity contribution in [3.63, 3.8) is 0 Å². The molecule has 1 aliphatic heterocycles. The van der Waals surface area contributed by atoms with Gasteiger partial charge in [-0.1, -0.05) is 5.16 Å². The van der Waals surface area contributed by atoms with Crippen molar-refractivity contribution in [3.8, 4) is 0 Å². The zero-order valence-corrected chi connectivity index (χ0v) is 16.3. The van der Waals surface area contributed by atoms with Gasteiger partial charge < -0.3 is 14.7 Å². The molecule has 1 unspecified atom stereocenters. The summed E-state index contributed by atoms with van der Waals surface area (Å²) in [5.41, 5.74) is 0.770. The first-order valence-electron chi connectivity index (χ1n) is 9.26. The SMILES string of the molecule is Cc1cc(C)n(CC(=O)NC2CCCCN(Cc3nc(C)no3)C2=O)c(=O)n1. The molecule has 0 aromatic carbocycles. The Labute approximate surface area is 161 Å². The number of amides is 2. The molecule has 1 saturated heterocycles. The van der Waals surface area contributed by atoms with E-state index < -0.39 is 17.6 Å². The Morgan fingerprint density at radius 1 is 1.25 bits per heavy atom. The number of nitrogens with zero attached hydrogens (tertiary/aromatic N) is 5. The van der Waals surface area contributed by atoms with Gasteiger partial charge in [-0.05, 0) is 46.1 Å². The molecule has 1 fully saturated rings. The molecule has 3 heterocycles. The summed E-state index contributed by atoms with van der Waals surface area (Å²) in [6.45, 7) is 5.78. The van der Waals surface area contributed by atoms with E-state index in [1.807, 2.05) is 0 Å². The fourth-order valence-corrected chi connectivity index (χ4v) is 3.31. The Morgan fingerprint density at radius 3 is 2.71 bits per heavy atom. The maximum Gasteiger partial charge on any atom is 0.348 e. The summed E-state index contributed by atoms with van der Waals surface area (Å²) in [5.74, 6) is 0.290. The molecule has 1 atom stereocenters. The molecule has 1 aliphatic rings. The van der Waals surface area contributed by atoms with Crippen LogP contribution in [0, 0.1) is 20.8 Å². The van der Waals surface area contributed by atoms with Gasteiger partial charge in [0.1, 0.15) is 19.1 Å². The van der Waals surface area contributed by atoms with E-state index in [1.54, 1.807) is 31.7 Å². The Bertz CT molecular complexity index is 934. The second-order valence-corrected chi connectivity index (χ2v) is 7.02. The molecular formula is C18H24N6O4. The first-order valence-corrected chi connectivity index (χ1v) is 9.26. The van der Waals surface area contributed by atoms with Crippen LogP contribution in [-0.2, 0) is 22.7 Å². The number of likely N-dealkylation sites (tertiary alicyclic amines) is 1. The van der Waals surface area contributed by atoms with E-state index in [4.69, 9.17) is 4.52 Å². The minimum absolute atomic E-state index is 0.176. The maximum absolute atomic E-state index is 12.9. The molecule has 2 aromatic rings. The predicted octanol–water partition coefficient (Wildman–Crippen LogP) is 0.249. The number of hydrogen-bond acceptors (Lipinski definition) is 7. The van der Waals surface area contributed by atoms with E-state index in [2.05, 4.69) is 20.4 Å². The monoisotopic (exact) mass is 388 g/mol. The largest absolute Gasteiger partial charge is 0.348 e. The number of nitrogens with one attached hydrogen (secondary N) is 1. The number of hydrogen-bond donors (Lipinski definition) is 1. The summed E-state index contributed by atoms with van der Waals surface area (Å²) in [6.07, 6.45) is 2.18. The highest BCUT2D eigenvalue weighted by molar-refractivity contribution is 5.87. The lowest BCUT2D eigenvalue weighted by atomic mass is 10.1. The maximum atomic E-state index is 12.9. The molecule has 1 N–H and O–H groups in total. The third kappa shape index (κ3) is 4.62. The molecule has 0 aliphatic carbocycles. The zero-order chi connectivity index (χ0) is 20.3. The van der Waals surface area contributed by atoms with Gasteiger partial charge in [-0.25, -0.2) is 4.79 Å². The standard InChI is InChI=1S/C18H24N6O4/c1-11-8-12(2)24(18(27)19-11)9-15(25)21-14-6-4-5-7-23(17(14)26)10-16-20-13(3)22-28-16/h8,14H,4-7,9-10H2,1-3H3,(H,21,25). The van der Waals surface area contributed by atoms with Crippen molar-refractivity contribution in [3.05, 3.63) is 39.7 Å². The predicted molar refractivity (Wildman–Crippen MR) is 98.2 cm³/mol. The van der Waals surface area contributed by atoms with Gasteiger partial charge in [0.2, 0.25) is 17.7 Å². The molecule has 0 radical (unpaired) electrons. The van der Waals surface area contributed by atoms with E-state index in [-0.39, 0.29) is 19.0 Å². The fourth-order valence-electron chi connectivity index (χ4n) is 3.31. The van der Waals surface area contributed by atoms with Crippen LogP contribution in [0.2, 0.25) is 0 Å². The average Bonchev–Trinajstić information content (AvgIpc) is 2.96. The summed E-state index contributed by atoms with van der Waals surface area (Å²) >= 11 is 0. The number of carbonyl (C=O) groups excluding carboxylic acids is 2. The van der Waals surface area contributed by atoms with E-state index in [1.165, 1.54) is 4.57 Å². The van der Waals surface area contributed by atoms with Crippen molar-refractivity contribution in [1.29, 1.82) is 0 Å². The van der Waals surface area contributed by atoms with Crippen molar-refractivity contribution in [2.45, 2.75) is 59.2 Å². The Balaban J connectivity index is 1.67. The van der Waals surface area contributed by atoms with Crippen LogP contribution in [-0.4, -0.2) is 49.0 Å². The summed E-state index contributed by atoms with van der Waals surface area (Å²) < 4.78 is 6.39. The molecule has 28 heavy (non-hydrogen) atoms. The van der Waals surface area contributed by atoms with Crippen LogP contribution < -0.4 is 11.0 Å². The van der Waals surface area contributed by atoms with E-state index in [0.717, 1.165) is 12.8 Å². The quantitative estimate of drug-likeness (QED) is 0.779. The van der Waals surface area contributed by atoms with Crippen molar-refractivity contribution < 1.29 is 14.1 Å². The third-order valence-corrected chi connectivity index (χ3v) is 4.66. The number of rotatable bonds is 5. The molecule has 10 nitrogen and oxygen atoms in total. The molecule has 3 rings (SSSR count). The summed E-state index contributed by atoms with van der Waals surface area (Å²) in [4.78, 5) is 47.0. The molecule has 150 valence electrons. The molecule has 0 saturated carbocycles. The van der Waals surface area contributed by atoms with Crippen LogP contribution in [0.25, 0.3) is 0 Å². The average molecular weight is 388 g/mol. The van der Waals surface area contributed by atoms with Crippen molar-refractivity contribution in [2.24, 2.45) is 0 Å². The second kappa shape index (κ2) is 8.32. The van der Waals surface area contributed by atoms with Crippen LogP contribution in [0.15, 0.2) is 15.4 Å². The molecule has 0 spiro atoms. The van der Waals surface area contributed by atoms with Crippen molar-refractivity contribution in [1.82, 2.24) is 29.9 Å². The summed E-state index contributed by atoms with van der Waals surface area (Å²) in [6, 6.07) is 1.09. The van der Waals surface area contributed by atoms with Crippen LogP contribution in [0.3, 0.4) is 0 Å². The zero-order valence-electron chi connectivity index (χ0n) is 16.3. The lowest BCUT2D eigenvalue weighted by Crippen LogP contribution is -2.48. The van der Waals surface area contributed by atoms with Gasteiger partial charge >= 0.3 is 5.69 Å². The topological polar surface area (TPSA) is 123 Å². The summed E-state index contributed by atoms with van der Waals surface area (Å²) in [5, 5.41) is 6.50. The normalized spacial score (nSPS) is 17.5. The molecular weight excluding hydrogens is 364 g/mol. The number of aryl methyl sites for hydroxylation is 3. The van der Waals surface area contributed by atoms with Crippen molar-refractivity contribution >= 4 is 11.8 Å². The van der Waals surface area contributed by atoms with Gasteiger partial charge in [-0.15, -0.1) is 0 Å². The van der Waals surface area contributed by atoms with Gasteiger partial charge in [-0.2, -0.15) is 9.97 Å². The molecule has 2 aromatic heterocycles. The Kier molecular flexibility index (Phi) is 5.86. The highest BCUT2D eigenvalue weighted by Crippen LogP contribution is 2.15. The first kappa shape index (κ1) is 19.7. The van der Waals surface area contributed by atoms with Crippen LogP contribution in [0.4, 0.5) is 0 Å². The highest BCUT2D eigenvalue weighted by atomic mass is 16.5. The lowest BCUT2D eigenvalue weighted by Gasteiger charge is -2.23. The second-order valence-electron chi connectivity index (χ2n) is 7.02. The smallest absolute Gasteiger partial charge is 0.343 e. The van der Waals surface area contributed by atoms with Gasteiger partial charge in [0.05, 0.1) is 0 Å². The Morgan fingerprint density at radius 2 is 2.04 bits per heavy atom. The molecule has 2 amide bonds. The van der Waals surface area contributed by atoms with Crippen LogP contribution in [0.5, 0.6) is 0 Å². The highest BCUT2D eigenvalue weighted by Gasteiger charge is 2.29. The first-order chi connectivity index (χ1) is 13.3. The Hall–Kier alpha value is -3.04. The van der Waals surface area contributed by atoms with Gasteiger partial charge in [-0.3, -0.25) is 14.2 Å². The lowest BCUT2D eigenvalue weighted by molar-refractivity contribution is -0.136. The van der Waals surface area contributed by atoms with Crippen LogP contribution in [0.1, 0.15) is 42.4 Å². The summed E-state index contributed by atoms with van der Waals surface area (Å²) in [7, 11) is 0. The van der Waals surface area contributed by atoms with Gasteiger partial charge in [0.15, 0.2) is 5.82 Å². The molecule has 10 heteroatoms. The van der Waals surface area contributed by atoms with E-state index in [0.29, 0.717) is 36.1 Å². The van der Waals surface area contributed by atoms with E-state index in [9.17, 15) is 14.4 Å². The fraction of sp³-hybridized carbons (Fsp3) is 0.556. The van der Waals surface area contributed by atoms with Gasteiger partial charge in [0.25, 0.3) is 0 Å². The third-order valence-electron chi connectivity index (χ3n) is 4.66. The number of carbonyl (C=O) groups is 2. The van der Waals surface area contributed by atoms with E-state index >= 15 is 0 Å². The number of aromatic nitrogens is 4. The minimum atomic E-state index is -0.645.